The molecule has 2 aromatic carbocycles. The van der Waals surface area contributed by atoms with Gasteiger partial charge in [0.2, 0.25) is 5.95 Å². The lowest BCUT2D eigenvalue weighted by molar-refractivity contribution is -0.142. The predicted octanol–water partition coefficient (Wildman–Crippen LogP) is 3.50. The Morgan fingerprint density at radius 2 is 1.64 bits per heavy atom. The van der Waals surface area contributed by atoms with Gasteiger partial charge in [-0.05, 0) is 43.4 Å². The second-order valence-corrected chi connectivity index (χ2v) is 9.36. The molecule has 1 aromatic heterocycles. The van der Waals surface area contributed by atoms with E-state index in [0.717, 1.165) is 48.0 Å². The van der Waals surface area contributed by atoms with Crippen molar-refractivity contribution in [3.8, 4) is 0 Å². The second-order valence-electron chi connectivity index (χ2n) is 9.36. The zero-order valence-corrected chi connectivity index (χ0v) is 21.0. The van der Waals surface area contributed by atoms with Crippen LogP contribution in [0.3, 0.4) is 0 Å². The fraction of sp³-hybridized carbons (Fsp3) is 0.407. The number of amides is 2. The molecule has 1 aliphatic rings. The Balaban J connectivity index is 1.30. The highest BCUT2D eigenvalue weighted by molar-refractivity contribution is 5.90. The zero-order valence-electron chi connectivity index (χ0n) is 21.0. The number of esters is 1. The molecule has 9 heteroatoms. The smallest absolute Gasteiger partial charge is 0.328 e. The highest BCUT2D eigenvalue weighted by Crippen LogP contribution is 2.26. The van der Waals surface area contributed by atoms with Gasteiger partial charge in [0.1, 0.15) is 11.9 Å². The number of anilines is 2. The van der Waals surface area contributed by atoms with E-state index in [1.54, 1.807) is 0 Å². The van der Waals surface area contributed by atoms with Crippen LogP contribution in [0.25, 0.3) is 10.9 Å². The van der Waals surface area contributed by atoms with Crippen molar-refractivity contribution in [3.05, 3.63) is 60.2 Å². The van der Waals surface area contributed by atoms with E-state index in [4.69, 9.17) is 14.7 Å². The minimum absolute atomic E-state index is 0.0351. The fourth-order valence-electron chi connectivity index (χ4n) is 4.60. The summed E-state index contributed by atoms with van der Waals surface area (Å²) in [5.74, 6) is 1.04. The van der Waals surface area contributed by atoms with Crippen molar-refractivity contribution in [2.24, 2.45) is 0 Å². The van der Waals surface area contributed by atoms with Crippen molar-refractivity contribution >= 4 is 34.7 Å². The summed E-state index contributed by atoms with van der Waals surface area (Å²) in [6.45, 7) is 0. The number of ether oxygens (including phenoxy) is 1. The van der Waals surface area contributed by atoms with Gasteiger partial charge < -0.3 is 25.6 Å². The molecule has 2 amide bonds. The van der Waals surface area contributed by atoms with Crippen molar-refractivity contribution in [1.82, 2.24) is 20.6 Å². The van der Waals surface area contributed by atoms with E-state index in [0.29, 0.717) is 12.4 Å². The molecule has 0 unspecified atom stereocenters. The first-order valence-electron chi connectivity index (χ1n) is 12.3. The van der Waals surface area contributed by atoms with E-state index in [-0.39, 0.29) is 18.1 Å². The van der Waals surface area contributed by atoms with E-state index in [1.807, 2.05) is 73.6 Å². The number of urea groups is 1. The number of hydrogen-bond acceptors (Lipinski definition) is 7. The quantitative estimate of drug-likeness (QED) is 0.415. The Morgan fingerprint density at radius 3 is 2.33 bits per heavy atom. The average Bonchev–Trinajstić information content (AvgIpc) is 2.89. The molecular formula is C27H34N6O3. The number of nitrogens with zero attached hydrogens (tertiary/aromatic N) is 3. The van der Waals surface area contributed by atoms with Crippen molar-refractivity contribution in [2.75, 3.05) is 31.4 Å². The summed E-state index contributed by atoms with van der Waals surface area (Å²) < 4.78 is 4.89. The van der Waals surface area contributed by atoms with Gasteiger partial charge in [0.05, 0.1) is 12.6 Å². The number of rotatable bonds is 8. The largest absolute Gasteiger partial charge is 0.467 e. The van der Waals surface area contributed by atoms with Gasteiger partial charge in [-0.1, -0.05) is 42.5 Å². The maximum absolute atomic E-state index is 12.7. The molecule has 1 aliphatic carbocycles. The molecule has 190 valence electrons. The maximum atomic E-state index is 12.7. The summed E-state index contributed by atoms with van der Waals surface area (Å²) in [4.78, 5) is 36.3. The van der Waals surface area contributed by atoms with Gasteiger partial charge in [0.25, 0.3) is 0 Å². The number of hydrogen-bond donors (Lipinski definition) is 3. The van der Waals surface area contributed by atoms with Crippen LogP contribution in [-0.4, -0.2) is 61.3 Å². The van der Waals surface area contributed by atoms with Crippen LogP contribution in [-0.2, 0) is 16.0 Å². The molecule has 3 N–H and O–H groups in total. The number of fused-ring (bicyclic) bond motifs is 1. The lowest BCUT2D eigenvalue weighted by Gasteiger charge is -2.30. The molecule has 0 aliphatic heterocycles. The first kappa shape index (κ1) is 25.2. The number of carbonyl (C=O) groups excluding carboxylic acids is 2. The first-order chi connectivity index (χ1) is 17.4. The molecule has 0 spiro atoms. The molecule has 0 saturated heterocycles. The highest BCUT2D eigenvalue weighted by Gasteiger charge is 2.26. The van der Waals surface area contributed by atoms with Crippen LogP contribution >= 0.6 is 0 Å². The van der Waals surface area contributed by atoms with Crippen molar-refractivity contribution in [1.29, 1.82) is 0 Å². The molecule has 0 radical (unpaired) electrons. The van der Waals surface area contributed by atoms with Gasteiger partial charge in [-0.3, -0.25) is 0 Å². The average molecular weight is 491 g/mol. The number of aromatic nitrogens is 2. The van der Waals surface area contributed by atoms with Crippen LogP contribution in [0, 0.1) is 0 Å². The number of carbonyl (C=O) groups is 2. The molecule has 3 aromatic rings. The van der Waals surface area contributed by atoms with Gasteiger partial charge in [-0.25, -0.2) is 14.6 Å². The number of nitrogens with one attached hydrogen (secondary N) is 3. The topological polar surface area (TPSA) is 108 Å². The summed E-state index contributed by atoms with van der Waals surface area (Å²) in [5.41, 5.74) is 1.86. The third-order valence-corrected chi connectivity index (χ3v) is 6.48. The fourth-order valence-corrected chi connectivity index (χ4v) is 4.60. The molecule has 1 heterocycles. The van der Waals surface area contributed by atoms with Crippen LogP contribution < -0.4 is 20.9 Å². The van der Waals surface area contributed by atoms with Crippen LogP contribution in [0.1, 0.15) is 31.2 Å². The summed E-state index contributed by atoms with van der Waals surface area (Å²) >= 11 is 0. The zero-order chi connectivity index (χ0) is 25.5. The summed E-state index contributed by atoms with van der Waals surface area (Å²) in [6.07, 6.45) is 3.77. The van der Waals surface area contributed by atoms with Crippen molar-refractivity contribution < 1.29 is 14.3 Å². The van der Waals surface area contributed by atoms with Crippen molar-refractivity contribution in [2.45, 2.75) is 50.2 Å². The normalized spacial score (nSPS) is 18.2. The van der Waals surface area contributed by atoms with Gasteiger partial charge in [-0.15, -0.1) is 0 Å². The van der Waals surface area contributed by atoms with Crippen LogP contribution in [0.4, 0.5) is 16.6 Å². The first-order valence-corrected chi connectivity index (χ1v) is 12.3. The Morgan fingerprint density at radius 1 is 0.972 bits per heavy atom. The lowest BCUT2D eigenvalue weighted by atomic mass is 9.91. The summed E-state index contributed by atoms with van der Waals surface area (Å²) in [6, 6.07) is 16.7. The maximum Gasteiger partial charge on any atom is 0.328 e. The van der Waals surface area contributed by atoms with Gasteiger partial charge >= 0.3 is 12.0 Å². The second kappa shape index (κ2) is 11.7. The third-order valence-electron chi connectivity index (χ3n) is 6.48. The molecule has 4 rings (SSSR count). The minimum atomic E-state index is -0.744. The molecule has 1 fully saturated rings. The van der Waals surface area contributed by atoms with Crippen LogP contribution in [0.5, 0.6) is 0 Å². The number of benzene rings is 2. The molecule has 0 bridgehead atoms. The van der Waals surface area contributed by atoms with E-state index in [1.165, 1.54) is 7.11 Å². The minimum Gasteiger partial charge on any atom is -0.467 e. The monoisotopic (exact) mass is 490 g/mol. The molecule has 36 heavy (non-hydrogen) atoms. The number of para-hydroxylation sites is 1. The summed E-state index contributed by atoms with van der Waals surface area (Å²) in [7, 11) is 5.28. The third kappa shape index (κ3) is 6.41. The van der Waals surface area contributed by atoms with E-state index >= 15 is 0 Å². The van der Waals surface area contributed by atoms with E-state index in [9.17, 15) is 9.59 Å². The van der Waals surface area contributed by atoms with Crippen LogP contribution in [0.2, 0.25) is 0 Å². The van der Waals surface area contributed by atoms with Crippen molar-refractivity contribution in [3.63, 3.8) is 0 Å². The Bertz CT molecular complexity index is 1180. The summed E-state index contributed by atoms with van der Waals surface area (Å²) in [5, 5.41) is 10.3. The molecule has 9 nitrogen and oxygen atoms in total. The Labute approximate surface area is 211 Å². The molecular weight excluding hydrogens is 456 g/mol. The van der Waals surface area contributed by atoms with Gasteiger partial charge in [0, 0.05) is 38.0 Å². The van der Waals surface area contributed by atoms with Gasteiger partial charge in [0.15, 0.2) is 0 Å². The number of methoxy groups -OCH3 is 1. The molecule has 1 saturated carbocycles. The van der Waals surface area contributed by atoms with E-state index < -0.39 is 12.0 Å². The van der Waals surface area contributed by atoms with Crippen LogP contribution in [0.15, 0.2) is 54.6 Å². The lowest BCUT2D eigenvalue weighted by Crippen LogP contribution is -2.51. The Hall–Kier alpha value is -3.88. The Kier molecular flexibility index (Phi) is 8.20. The standard InChI is InChI=1S/C27H34N6O3/c1-33(2)24-21-11-7-8-12-22(21)30-26(32-24)28-19-13-15-20(16-14-19)29-27(35)31-23(25(34)36-3)17-18-9-5-4-6-10-18/h4-12,19-20,23H,13-17H2,1-3H3,(H,28,30,32)(H2,29,31,35)/t19?,20?,23-/m0/s1. The predicted molar refractivity (Wildman–Crippen MR) is 141 cm³/mol. The van der Waals surface area contributed by atoms with E-state index in [2.05, 4.69) is 16.0 Å². The highest BCUT2D eigenvalue weighted by atomic mass is 16.5. The SMILES string of the molecule is COC(=O)[C@H](Cc1ccccc1)NC(=O)NC1CCC(Nc2nc(N(C)C)c3ccccc3n2)CC1. The van der Waals surface area contributed by atoms with Gasteiger partial charge in [-0.2, -0.15) is 4.98 Å². The molecule has 1 atom stereocenters.